The van der Waals surface area contributed by atoms with Gasteiger partial charge >= 0.3 is 0 Å². The average molecular weight is 493 g/mol. The second-order valence-corrected chi connectivity index (χ2v) is 9.06. The van der Waals surface area contributed by atoms with Crippen LogP contribution in [0, 0.1) is 10.1 Å². The van der Waals surface area contributed by atoms with E-state index in [0.29, 0.717) is 28.8 Å². The van der Waals surface area contributed by atoms with Gasteiger partial charge in [0.05, 0.1) is 29.3 Å². The van der Waals surface area contributed by atoms with Gasteiger partial charge in [-0.15, -0.1) is 11.3 Å². The molecule has 180 valence electrons. The lowest BCUT2D eigenvalue weighted by molar-refractivity contribution is -0.384. The summed E-state index contributed by atoms with van der Waals surface area (Å²) in [5.41, 5.74) is 2.48. The highest BCUT2D eigenvalue weighted by Crippen LogP contribution is 2.36. The summed E-state index contributed by atoms with van der Waals surface area (Å²) >= 11 is 1.44. The Labute approximate surface area is 205 Å². The van der Waals surface area contributed by atoms with Crippen LogP contribution in [0.2, 0.25) is 0 Å². The van der Waals surface area contributed by atoms with Crippen molar-refractivity contribution in [3.8, 4) is 17.4 Å². The van der Waals surface area contributed by atoms with Gasteiger partial charge in [0.2, 0.25) is 11.8 Å². The molecule has 10 nitrogen and oxygen atoms in total. The fourth-order valence-electron chi connectivity index (χ4n) is 3.90. The van der Waals surface area contributed by atoms with Crippen molar-refractivity contribution in [3.05, 3.63) is 64.0 Å². The summed E-state index contributed by atoms with van der Waals surface area (Å²) in [5.74, 6) is 1.66. The van der Waals surface area contributed by atoms with Crippen LogP contribution in [-0.4, -0.2) is 60.1 Å². The van der Waals surface area contributed by atoms with Gasteiger partial charge in [0, 0.05) is 44.0 Å². The quantitative estimate of drug-likeness (QED) is 0.285. The number of fused-ring (bicyclic) bond motifs is 1. The molecule has 0 unspecified atom stereocenters. The first-order valence-electron chi connectivity index (χ1n) is 11.1. The molecule has 0 amide bonds. The van der Waals surface area contributed by atoms with E-state index in [9.17, 15) is 10.1 Å². The third kappa shape index (κ3) is 4.96. The molecule has 1 aliphatic heterocycles. The minimum absolute atomic E-state index is 0.0532. The highest BCUT2D eigenvalue weighted by atomic mass is 32.1. The Kier molecular flexibility index (Phi) is 6.34. The van der Waals surface area contributed by atoms with E-state index in [4.69, 9.17) is 9.47 Å². The molecule has 0 saturated carbocycles. The maximum atomic E-state index is 11.1. The summed E-state index contributed by atoms with van der Waals surface area (Å²) < 4.78 is 12.4. The van der Waals surface area contributed by atoms with E-state index in [1.165, 1.54) is 23.5 Å². The number of aromatic nitrogens is 2. The minimum atomic E-state index is -0.460. The topological polar surface area (TPSA) is 106 Å². The van der Waals surface area contributed by atoms with E-state index in [1.807, 2.05) is 23.6 Å². The number of non-ortho nitro benzene ring substituents is 1. The molecule has 11 heteroatoms. The fraction of sp³-hybridized carbons (Fsp3) is 0.250. The average Bonchev–Trinajstić information content (AvgIpc) is 3.34. The maximum Gasteiger partial charge on any atom is 0.273 e. The van der Waals surface area contributed by atoms with Crippen LogP contribution < -0.4 is 19.7 Å². The number of methoxy groups -OCH3 is 1. The Morgan fingerprint density at radius 3 is 2.69 bits per heavy atom. The van der Waals surface area contributed by atoms with Crippen LogP contribution in [0.1, 0.15) is 0 Å². The van der Waals surface area contributed by atoms with Crippen molar-refractivity contribution in [2.24, 2.45) is 0 Å². The zero-order valence-corrected chi connectivity index (χ0v) is 20.1. The zero-order chi connectivity index (χ0) is 24.4. The Morgan fingerprint density at radius 2 is 1.91 bits per heavy atom. The Morgan fingerprint density at radius 1 is 1.09 bits per heavy atom. The van der Waals surface area contributed by atoms with E-state index in [2.05, 4.69) is 38.2 Å². The van der Waals surface area contributed by atoms with Crippen LogP contribution in [0.15, 0.2) is 53.9 Å². The lowest BCUT2D eigenvalue weighted by Crippen LogP contribution is -2.44. The predicted molar refractivity (Wildman–Crippen MR) is 137 cm³/mol. The lowest BCUT2D eigenvalue weighted by atomic mass is 10.2. The summed E-state index contributed by atoms with van der Waals surface area (Å²) in [6, 6.07) is 13.9. The highest BCUT2D eigenvalue weighted by Gasteiger charge is 2.18. The number of ether oxygens (including phenoxy) is 2. The van der Waals surface area contributed by atoms with Gasteiger partial charge in [0.1, 0.15) is 16.2 Å². The number of anilines is 3. The first-order chi connectivity index (χ1) is 17.0. The molecule has 0 atom stereocenters. The zero-order valence-electron chi connectivity index (χ0n) is 19.3. The second-order valence-electron chi connectivity index (χ2n) is 8.14. The molecule has 0 spiro atoms. The number of piperazine rings is 1. The van der Waals surface area contributed by atoms with Gasteiger partial charge in [-0.05, 0) is 36.7 Å². The molecule has 1 N–H and O–H groups in total. The number of thiophene rings is 1. The fourth-order valence-corrected chi connectivity index (χ4v) is 4.65. The molecule has 2 aromatic heterocycles. The largest absolute Gasteiger partial charge is 0.494 e. The van der Waals surface area contributed by atoms with Crippen LogP contribution in [0.25, 0.3) is 10.2 Å². The molecule has 3 heterocycles. The first-order valence-corrected chi connectivity index (χ1v) is 11.9. The first kappa shape index (κ1) is 22.8. The molecule has 1 saturated heterocycles. The molecule has 35 heavy (non-hydrogen) atoms. The molecule has 2 aromatic carbocycles. The number of hydrogen-bond acceptors (Lipinski definition) is 10. The minimum Gasteiger partial charge on any atom is -0.494 e. The standard InChI is InChI=1S/C24H24N6O4S/c1-28-9-11-29(12-10-28)16-6-7-19(21(15-16)33-2)25-24-26-20-8-13-35-22(20)23(27-24)34-18-5-3-4-17(14-18)30(31)32/h3-8,13-15H,9-12H2,1-2H3,(H,25,26,27). The molecule has 4 aromatic rings. The third-order valence-electron chi connectivity index (χ3n) is 5.82. The molecule has 0 radical (unpaired) electrons. The smallest absolute Gasteiger partial charge is 0.273 e. The monoisotopic (exact) mass is 492 g/mol. The molecule has 1 aliphatic rings. The summed E-state index contributed by atoms with van der Waals surface area (Å²) in [7, 11) is 3.76. The summed E-state index contributed by atoms with van der Waals surface area (Å²) in [6.07, 6.45) is 0. The van der Waals surface area contributed by atoms with Gasteiger partial charge < -0.3 is 24.6 Å². The lowest BCUT2D eigenvalue weighted by Gasteiger charge is -2.34. The van der Waals surface area contributed by atoms with Crippen molar-refractivity contribution >= 4 is 44.6 Å². The van der Waals surface area contributed by atoms with Crippen LogP contribution in [0.4, 0.5) is 23.0 Å². The van der Waals surface area contributed by atoms with Crippen molar-refractivity contribution in [2.75, 3.05) is 50.6 Å². The number of nitro groups is 1. The highest BCUT2D eigenvalue weighted by molar-refractivity contribution is 7.17. The summed E-state index contributed by atoms with van der Waals surface area (Å²) in [4.78, 5) is 24.5. The molecular weight excluding hydrogens is 468 g/mol. The number of likely N-dealkylation sites (N-methyl/N-ethyl adjacent to an activating group) is 1. The van der Waals surface area contributed by atoms with E-state index < -0.39 is 4.92 Å². The van der Waals surface area contributed by atoms with Gasteiger partial charge in [0.15, 0.2) is 0 Å². The number of rotatable bonds is 7. The van der Waals surface area contributed by atoms with Gasteiger partial charge in [-0.25, -0.2) is 4.98 Å². The van der Waals surface area contributed by atoms with Crippen molar-refractivity contribution in [2.45, 2.75) is 0 Å². The van der Waals surface area contributed by atoms with Crippen molar-refractivity contribution in [1.29, 1.82) is 0 Å². The Hall–Kier alpha value is -3.96. The maximum absolute atomic E-state index is 11.1. The molecule has 5 rings (SSSR count). The van der Waals surface area contributed by atoms with Gasteiger partial charge in [-0.2, -0.15) is 4.98 Å². The van der Waals surface area contributed by atoms with Gasteiger partial charge in [-0.3, -0.25) is 10.1 Å². The van der Waals surface area contributed by atoms with E-state index >= 15 is 0 Å². The SMILES string of the molecule is COc1cc(N2CCN(C)CC2)ccc1Nc1nc(Oc2cccc([N+](=O)[O-])c2)c2sccc2n1. The number of nitrogens with one attached hydrogen (secondary N) is 1. The molecular formula is C24H24N6O4S. The van der Waals surface area contributed by atoms with Gasteiger partial charge in [0.25, 0.3) is 5.69 Å². The van der Waals surface area contributed by atoms with Crippen LogP contribution in [-0.2, 0) is 0 Å². The van der Waals surface area contributed by atoms with Crippen LogP contribution in [0.3, 0.4) is 0 Å². The Balaban J connectivity index is 1.42. The number of benzene rings is 2. The number of nitro benzene ring substituents is 1. The van der Waals surface area contributed by atoms with Gasteiger partial charge in [-0.1, -0.05) is 6.07 Å². The van der Waals surface area contributed by atoms with Crippen LogP contribution in [0.5, 0.6) is 17.4 Å². The normalized spacial score (nSPS) is 14.2. The Bertz CT molecular complexity index is 1370. The third-order valence-corrected chi connectivity index (χ3v) is 6.71. The van der Waals surface area contributed by atoms with E-state index in [0.717, 1.165) is 42.3 Å². The predicted octanol–water partition coefficient (Wildman–Crippen LogP) is 4.90. The molecule has 0 aliphatic carbocycles. The van der Waals surface area contributed by atoms with Crippen molar-refractivity contribution in [1.82, 2.24) is 14.9 Å². The number of hydrogen-bond donors (Lipinski definition) is 1. The molecule has 1 fully saturated rings. The van der Waals surface area contributed by atoms with E-state index in [1.54, 1.807) is 19.2 Å². The number of nitrogens with zero attached hydrogens (tertiary/aromatic N) is 5. The van der Waals surface area contributed by atoms with Crippen LogP contribution >= 0.6 is 11.3 Å². The summed E-state index contributed by atoms with van der Waals surface area (Å²) in [6.45, 7) is 3.96. The second kappa shape index (κ2) is 9.72. The van der Waals surface area contributed by atoms with Crippen molar-refractivity contribution < 1.29 is 14.4 Å². The van der Waals surface area contributed by atoms with E-state index in [-0.39, 0.29) is 5.69 Å². The molecule has 0 bridgehead atoms. The van der Waals surface area contributed by atoms with Crippen molar-refractivity contribution in [3.63, 3.8) is 0 Å². The summed E-state index contributed by atoms with van der Waals surface area (Å²) in [5, 5.41) is 16.3.